The third-order valence-electron chi connectivity index (χ3n) is 5.75. The molecule has 0 bridgehead atoms. The summed E-state index contributed by atoms with van der Waals surface area (Å²) in [5.41, 5.74) is 0. The molecule has 0 aromatic rings. The summed E-state index contributed by atoms with van der Waals surface area (Å²) in [6.07, 6.45) is -0.225. The van der Waals surface area contributed by atoms with Gasteiger partial charge >= 0.3 is 0 Å². The molecule has 2 heterocycles. The number of rotatable bonds is 5. The molecule has 2 saturated heterocycles. The molecule has 8 heteroatoms. The summed E-state index contributed by atoms with van der Waals surface area (Å²) < 4.78 is 11.6. The van der Waals surface area contributed by atoms with E-state index in [0.717, 1.165) is 0 Å². The molecule has 0 spiro atoms. The van der Waals surface area contributed by atoms with Gasteiger partial charge in [-0.3, -0.25) is 14.5 Å². The predicted octanol–water partition coefficient (Wildman–Crippen LogP) is 2.29. The molecule has 2 fully saturated rings. The highest BCUT2D eigenvalue weighted by Gasteiger charge is 2.51. The van der Waals surface area contributed by atoms with Crippen molar-refractivity contribution in [1.82, 2.24) is 10.2 Å². The van der Waals surface area contributed by atoms with Gasteiger partial charge < -0.3 is 14.5 Å². The van der Waals surface area contributed by atoms with Crippen molar-refractivity contribution in [1.29, 1.82) is 0 Å². The Kier molecular flexibility index (Phi) is 5.66. The molecule has 6 nitrogen and oxygen atoms in total. The third-order valence-corrected chi connectivity index (χ3v) is 10.7. The van der Waals surface area contributed by atoms with E-state index in [9.17, 15) is 9.59 Å². The topological polar surface area (TPSA) is 67.9 Å². The van der Waals surface area contributed by atoms with Crippen LogP contribution in [0.25, 0.3) is 0 Å². The van der Waals surface area contributed by atoms with E-state index in [-0.39, 0.29) is 46.0 Å². The van der Waals surface area contributed by atoms with Gasteiger partial charge in [-0.05, 0) is 37.3 Å². The molecule has 2 aliphatic rings. The van der Waals surface area contributed by atoms with Gasteiger partial charge in [0, 0.05) is 0 Å². The van der Waals surface area contributed by atoms with Gasteiger partial charge in [0.25, 0.3) is 5.17 Å². The van der Waals surface area contributed by atoms with Crippen molar-refractivity contribution >= 4 is 37.5 Å². The lowest BCUT2D eigenvalue weighted by atomic mass is 9.78. The standard InChI is InChI=1S/C17H30N2O4SSi/c1-10(15(21)19-8-9-22-16(19)24)13-12(14(20)18-13)11(2)23-25(6,7)17(3,4)5/h10-13H,8-9H2,1-7H3,(H,18,20)/t10-,11-,12-,13-/m1/s1. The lowest BCUT2D eigenvalue weighted by molar-refractivity contribution is -0.146. The molecular formula is C17H30N2O4SSi. The minimum atomic E-state index is -1.99. The van der Waals surface area contributed by atoms with Crippen molar-refractivity contribution < 1.29 is 18.8 Å². The number of ether oxygens (including phenoxy) is 1. The van der Waals surface area contributed by atoms with Crippen LogP contribution in [0.4, 0.5) is 0 Å². The monoisotopic (exact) mass is 386 g/mol. The minimum absolute atomic E-state index is 0.0453. The zero-order valence-corrected chi connectivity index (χ0v) is 18.0. The second-order valence-electron chi connectivity index (χ2n) is 8.54. The van der Waals surface area contributed by atoms with Gasteiger partial charge in [0.05, 0.1) is 30.5 Å². The number of nitrogens with zero attached hydrogens (tertiary/aromatic N) is 1. The maximum atomic E-state index is 12.7. The fraction of sp³-hybridized carbons (Fsp3) is 0.824. The Balaban J connectivity index is 2.06. The Morgan fingerprint density at radius 2 is 2.00 bits per heavy atom. The van der Waals surface area contributed by atoms with Gasteiger partial charge in [0.15, 0.2) is 8.32 Å². The number of carbonyl (C=O) groups excluding carboxylic acids is 2. The number of β-lactam (4-membered cyclic amide) rings is 1. The minimum Gasteiger partial charge on any atom is -0.469 e. The Morgan fingerprint density at radius 1 is 1.40 bits per heavy atom. The van der Waals surface area contributed by atoms with Crippen molar-refractivity contribution in [3.63, 3.8) is 0 Å². The molecule has 0 saturated carbocycles. The number of amides is 2. The Bertz CT molecular complexity index is 575. The largest absolute Gasteiger partial charge is 0.469 e. The van der Waals surface area contributed by atoms with E-state index in [2.05, 4.69) is 39.2 Å². The maximum Gasteiger partial charge on any atom is 0.266 e. The number of carbonyl (C=O) groups is 2. The predicted molar refractivity (Wildman–Crippen MR) is 103 cm³/mol. The maximum absolute atomic E-state index is 12.7. The molecule has 2 rings (SSSR count). The summed E-state index contributed by atoms with van der Waals surface area (Å²) in [4.78, 5) is 26.4. The van der Waals surface area contributed by atoms with Gasteiger partial charge in [0.2, 0.25) is 11.8 Å². The average Bonchev–Trinajstić information content (AvgIpc) is 2.87. The lowest BCUT2D eigenvalue weighted by Crippen LogP contribution is -2.67. The van der Waals surface area contributed by atoms with E-state index in [1.165, 1.54) is 4.90 Å². The zero-order chi connectivity index (χ0) is 19.2. The first-order valence-electron chi connectivity index (χ1n) is 8.83. The van der Waals surface area contributed by atoms with Crippen molar-refractivity contribution in [2.75, 3.05) is 13.2 Å². The number of hydrogen-bond acceptors (Lipinski definition) is 5. The van der Waals surface area contributed by atoms with Gasteiger partial charge in [-0.15, -0.1) is 0 Å². The Hall–Kier alpha value is -0.993. The molecule has 0 aromatic heterocycles. The van der Waals surface area contributed by atoms with Crippen LogP contribution in [0.1, 0.15) is 34.6 Å². The first-order chi connectivity index (χ1) is 11.4. The second kappa shape index (κ2) is 6.96. The van der Waals surface area contributed by atoms with Gasteiger partial charge in [-0.2, -0.15) is 0 Å². The molecule has 2 aliphatic heterocycles. The molecule has 142 valence electrons. The molecule has 2 amide bonds. The van der Waals surface area contributed by atoms with Gasteiger partial charge in [-0.25, -0.2) is 0 Å². The van der Waals surface area contributed by atoms with Crippen LogP contribution in [0.2, 0.25) is 18.1 Å². The Labute approximate surface area is 156 Å². The molecule has 4 atom stereocenters. The van der Waals surface area contributed by atoms with E-state index in [1.807, 2.05) is 13.8 Å². The van der Waals surface area contributed by atoms with Crippen LogP contribution in [0.3, 0.4) is 0 Å². The van der Waals surface area contributed by atoms with E-state index >= 15 is 0 Å². The van der Waals surface area contributed by atoms with Gasteiger partial charge in [0.1, 0.15) is 6.61 Å². The SMILES string of the molecule is C[C@@H](O[Si](C)(C)C(C)(C)C)[C@H]1C(=O)N[C@@H]1[C@@H](C)C(=O)N1CCOC1=S. The normalized spacial score (nSPS) is 26.6. The van der Waals surface area contributed by atoms with Crippen LogP contribution >= 0.6 is 12.2 Å². The van der Waals surface area contributed by atoms with Crippen LogP contribution < -0.4 is 5.32 Å². The molecule has 1 N–H and O–H groups in total. The van der Waals surface area contributed by atoms with Crippen LogP contribution in [-0.4, -0.2) is 55.5 Å². The fourth-order valence-corrected chi connectivity index (χ4v) is 4.76. The molecule has 0 aromatic carbocycles. The molecule has 0 unspecified atom stereocenters. The van der Waals surface area contributed by atoms with Crippen molar-refractivity contribution in [3.8, 4) is 0 Å². The smallest absolute Gasteiger partial charge is 0.266 e. The second-order valence-corrected chi connectivity index (χ2v) is 13.6. The van der Waals surface area contributed by atoms with Crippen molar-refractivity contribution in [2.24, 2.45) is 11.8 Å². The fourth-order valence-electron chi connectivity index (χ4n) is 3.07. The summed E-state index contributed by atoms with van der Waals surface area (Å²) >= 11 is 5.07. The summed E-state index contributed by atoms with van der Waals surface area (Å²) in [5.74, 6) is -0.828. The van der Waals surface area contributed by atoms with E-state index in [1.54, 1.807) is 0 Å². The van der Waals surface area contributed by atoms with Gasteiger partial charge in [-0.1, -0.05) is 27.7 Å². The first kappa shape index (κ1) is 20.3. The van der Waals surface area contributed by atoms with Crippen LogP contribution in [0.15, 0.2) is 0 Å². The van der Waals surface area contributed by atoms with E-state index < -0.39 is 8.32 Å². The number of nitrogens with one attached hydrogen (secondary N) is 1. The zero-order valence-electron chi connectivity index (χ0n) is 16.2. The quantitative estimate of drug-likeness (QED) is 0.446. The van der Waals surface area contributed by atoms with Crippen LogP contribution in [0, 0.1) is 11.8 Å². The lowest BCUT2D eigenvalue weighted by Gasteiger charge is -2.47. The van der Waals surface area contributed by atoms with E-state index in [4.69, 9.17) is 21.4 Å². The number of thiocarbonyl (C=S) groups is 1. The summed E-state index contributed by atoms with van der Waals surface area (Å²) in [5, 5.41) is 3.18. The average molecular weight is 387 g/mol. The highest BCUT2D eigenvalue weighted by Crippen LogP contribution is 2.39. The summed E-state index contributed by atoms with van der Waals surface area (Å²) in [7, 11) is -1.99. The highest BCUT2D eigenvalue weighted by atomic mass is 32.1. The van der Waals surface area contributed by atoms with E-state index in [0.29, 0.717) is 13.2 Å². The Morgan fingerprint density at radius 3 is 2.44 bits per heavy atom. The summed E-state index contributed by atoms with van der Waals surface area (Å²) in [6.45, 7) is 15.5. The number of hydrogen-bond donors (Lipinski definition) is 1. The third kappa shape index (κ3) is 3.90. The van der Waals surface area contributed by atoms with Crippen molar-refractivity contribution in [2.45, 2.75) is 64.9 Å². The molecule has 0 radical (unpaired) electrons. The first-order valence-corrected chi connectivity index (χ1v) is 12.1. The summed E-state index contributed by atoms with van der Waals surface area (Å²) in [6, 6.07) is -0.233. The van der Waals surface area contributed by atoms with Crippen molar-refractivity contribution in [3.05, 3.63) is 0 Å². The molecule has 25 heavy (non-hydrogen) atoms. The molecule has 0 aliphatic carbocycles. The van der Waals surface area contributed by atoms with Crippen LogP contribution in [0.5, 0.6) is 0 Å². The van der Waals surface area contributed by atoms with Crippen LogP contribution in [-0.2, 0) is 18.8 Å². The molecular weight excluding hydrogens is 356 g/mol. The highest BCUT2D eigenvalue weighted by molar-refractivity contribution is 7.80.